The summed E-state index contributed by atoms with van der Waals surface area (Å²) in [5, 5.41) is 352. The van der Waals surface area contributed by atoms with Crippen LogP contribution in [0.5, 0.6) is 0 Å². The molecule has 0 spiro atoms. The summed E-state index contributed by atoms with van der Waals surface area (Å²) in [5.41, 5.74) is 0. The molecular weight excluding hydrogens is 1540 g/mol. The van der Waals surface area contributed by atoms with Gasteiger partial charge in [0.2, 0.25) is 52.1 Å². The Bertz CT molecular complexity index is 2950. The standard InChI is InChI=1S/C60H102O51/c61-1-20-30(72)40(82)41(83)51(101-20)111-60(50(92)39(81)29(10-70)110-60)19-100-59(49(91)38(80)28(9-69)109-59)18-99-58(48(90)37(79)27(8-68)108-58)17-98-57(47(89)36(78)26(7-67)107-57)16-97-56(46(88)35(77)25(6-66)106-56)15-96-55(45(87)34(76)24(5-65)105-55)14-95-54(44(86)33(75)23(4-64)104-54)13-94-53(43(85)32(74)22(3-63)103-53)12-93-52(11-71)42(84)31(73)21(2-62)102-52/h20-51,61-92H,1-19H2. The van der Waals surface area contributed by atoms with Crippen LogP contribution in [0.4, 0.5) is 0 Å². The van der Waals surface area contributed by atoms with E-state index in [2.05, 4.69) is 0 Å². The fourth-order valence-electron chi connectivity index (χ4n) is 14.7. The van der Waals surface area contributed by atoms with E-state index >= 15 is 0 Å². The molecule has 0 aromatic heterocycles. The van der Waals surface area contributed by atoms with Gasteiger partial charge in [0.25, 0.3) is 0 Å². The fraction of sp³-hybridized carbons (Fsp3) is 1.00. The van der Waals surface area contributed by atoms with E-state index in [1.165, 1.54) is 0 Å². The molecule has 648 valence electrons. The summed E-state index contributed by atoms with van der Waals surface area (Å²) in [6, 6.07) is 0. The summed E-state index contributed by atoms with van der Waals surface area (Å²) in [6.07, 6.45) is -69.6. The van der Waals surface area contributed by atoms with E-state index in [0.29, 0.717) is 0 Å². The highest BCUT2D eigenvalue weighted by molar-refractivity contribution is 5.09. The molecule has 51 heteroatoms. The van der Waals surface area contributed by atoms with Crippen LogP contribution in [0.15, 0.2) is 0 Å². The monoisotopic (exact) mass is 1640 g/mol. The molecule has 41 unspecified atom stereocenters. The van der Waals surface area contributed by atoms with E-state index in [1.807, 2.05) is 0 Å². The number of hydrogen-bond donors (Lipinski definition) is 32. The van der Waals surface area contributed by atoms with Gasteiger partial charge in [-0.3, -0.25) is 0 Å². The molecular formula is C60H102O51. The highest BCUT2D eigenvalue weighted by Crippen LogP contribution is 2.48. The molecule has 10 heterocycles. The van der Waals surface area contributed by atoms with Gasteiger partial charge in [0, 0.05) is 0 Å². The van der Waals surface area contributed by atoms with Gasteiger partial charge in [-0.1, -0.05) is 0 Å². The highest BCUT2D eigenvalue weighted by atomic mass is 16.9. The summed E-state index contributed by atoms with van der Waals surface area (Å²) in [5.74, 6) is -27.6. The Labute approximate surface area is 625 Å². The minimum Gasteiger partial charge on any atom is -0.394 e. The Hall–Kier alpha value is -2.04. The molecule has 10 saturated heterocycles. The molecule has 10 aliphatic heterocycles. The molecule has 0 radical (unpaired) electrons. The van der Waals surface area contributed by atoms with Crippen LogP contribution in [0.1, 0.15) is 0 Å². The van der Waals surface area contributed by atoms with Crippen molar-refractivity contribution < 1.29 is 253 Å². The third-order valence-electron chi connectivity index (χ3n) is 21.7. The zero-order chi connectivity index (χ0) is 81.8. The Balaban J connectivity index is 0.956. The molecule has 10 rings (SSSR count). The van der Waals surface area contributed by atoms with Crippen LogP contribution in [0.3, 0.4) is 0 Å². The van der Waals surface area contributed by atoms with Crippen LogP contribution in [0, 0.1) is 0 Å². The minimum absolute atomic E-state index is 0.964. The second kappa shape index (κ2) is 35.7. The van der Waals surface area contributed by atoms with E-state index in [0.717, 1.165) is 0 Å². The second-order valence-electron chi connectivity index (χ2n) is 28.6. The first-order valence-corrected chi connectivity index (χ1v) is 34.9. The zero-order valence-electron chi connectivity index (χ0n) is 58.5. The highest BCUT2D eigenvalue weighted by Gasteiger charge is 2.70. The second-order valence-corrected chi connectivity index (χ2v) is 28.6. The summed E-state index contributed by atoms with van der Waals surface area (Å²) in [4.78, 5) is 0. The Kier molecular flexibility index (Phi) is 29.4. The smallest absolute Gasteiger partial charge is 0.224 e. The van der Waals surface area contributed by atoms with Crippen molar-refractivity contribution in [3.63, 3.8) is 0 Å². The molecule has 0 saturated carbocycles. The van der Waals surface area contributed by atoms with Crippen LogP contribution < -0.4 is 0 Å². The summed E-state index contributed by atoms with van der Waals surface area (Å²) >= 11 is 0. The van der Waals surface area contributed by atoms with Gasteiger partial charge in [-0.25, -0.2) is 0 Å². The summed E-state index contributed by atoms with van der Waals surface area (Å²) < 4.78 is 111. The summed E-state index contributed by atoms with van der Waals surface area (Å²) in [6.45, 7) is -24.8. The Morgan fingerprint density at radius 2 is 0.342 bits per heavy atom. The van der Waals surface area contributed by atoms with Crippen LogP contribution in [0.25, 0.3) is 0 Å². The average Bonchev–Trinajstić information content (AvgIpc) is 1.49. The Morgan fingerprint density at radius 1 is 0.180 bits per heavy atom. The van der Waals surface area contributed by atoms with Crippen molar-refractivity contribution in [2.75, 3.05) is 126 Å². The largest absolute Gasteiger partial charge is 0.394 e. The third kappa shape index (κ3) is 16.3. The average molecular weight is 1640 g/mol. The molecule has 0 aliphatic carbocycles. The number of rotatable bonds is 37. The lowest BCUT2D eigenvalue weighted by Gasteiger charge is -2.45. The fourth-order valence-corrected chi connectivity index (χ4v) is 14.7. The molecule has 0 amide bonds. The number of aliphatic hydroxyl groups excluding tert-OH is 32. The van der Waals surface area contributed by atoms with Crippen molar-refractivity contribution in [3.8, 4) is 0 Å². The molecule has 51 nitrogen and oxygen atoms in total. The van der Waals surface area contributed by atoms with Crippen molar-refractivity contribution in [1.29, 1.82) is 0 Å². The van der Waals surface area contributed by atoms with Gasteiger partial charge >= 0.3 is 0 Å². The van der Waals surface area contributed by atoms with Crippen LogP contribution in [0.2, 0.25) is 0 Å². The van der Waals surface area contributed by atoms with Gasteiger partial charge in [0.15, 0.2) is 6.29 Å². The molecule has 10 fully saturated rings. The SMILES string of the molecule is OCC1OC(OC2(COC3(COC4(COC5(COC6(COC7(COC8(COC9(COC%10(CO)OC(CO)C(O)C%10O)OC(CO)C(O)C9O)OC(CO)C(O)C8O)OC(CO)C(O)C7O)OC(CO)C(O)C6O)OC(CO)C(O)C5O)OC(CO)C(O)C4O)OC(CO)C(O)C3O)OC(CO)C(O)C2O)C(O)C(O)C1O. The van der Waals surface area contributed by atoms with Crippen molar-refractivity contribution in [1.82, 2.24) is 0 Å². The van der Waals surface area contributed by atoms with E-state index < -0.39 is 373 Å². The van der Waals surface area contributed by atoms with Gasteiger partial charge in [-0.15, -0.1) is 0 Å². The van der Waals surface area contributed by atoms with Gasteiger partial charge in [0.05, 0.1) is 66.1 Å². The van der Waals surface area contributed by atoms with Gasteiger partial charge < -0.3 is 253 Å². The summed E-state index contributed by atoms with van der Waals surface area (Å²) in [7, 11) is 0. The van der Waals surface area contributed by atoms with Gasteiger partial charge in [0.1, 0.15) is 249 Å². The lowest BCUT2D eigenvalue weighted by molar-refractivity contribution is -0.407. The molecule has 0 bridgehead atoms. The van der Waals surface area contributed by atoms with Crippen molar-refractivity contribution in [2.45, 2.75) is 248 Å². The number of ether oxygens (including phenoxy) is 19. The van der Waals surface area contributed by atoms with E-state index in [4.69, 9.17) is 90.0 Å². The molecule has 32 N–H and O–H groups in total. The Morgan fingerprint density at radius 3 is 0.532 bits per heavy atom. The first-order chi connectivity index (χ1) is 52.4. The van der Waals surface area contributed by atoms with E-state index in [9.17, 15) is 163 Å². The lowest BCUT2D eigenvalue weighted by Crippen LogP contribution is -2.64. The third-order valence-corrected chi connectivity index (χ3v) is 21.7. The van der Waals surface area contributed by atoms with Crippen molar-refractivity contribution in [3.05, 3.63) is 0 Å². The lowest BCUT2D eigenvalue weighted by atomic mass is 9.99. The first kappa shape index (κ1) is 91.3. The molecule has 10 aliphatic rings. The molecule has 0 aromatic rings. The molecule has 111 heavy (non-hydrogen) atoms. The van der Waals surface area contributed by atoms with E-state index in [-0.39, 0.29) is 0 Å². The topological polar surface area (TPSA) is 823 Å². The number of aliphatic hydroxyl groups is 32. The predicted octanol–water partition coefficient (Wildman–Crippen LogP) is -22.8. The molecule has 41 atom stereocenters. The van der Waals surface area contributed by atoms with Crippen LogP contribution in [-0.2, 0) is 90.0 Å². The van der Waals surface area contributed by atoms with Crippen LogP contribution in [-0.4, -0.2) is 537 Å². The van der Waals surface area contributed by atoms with Crippen molar-refractivity contribution in [2.24, 2.45) is 0 Å². The first-order valence-electron chi connectivity index (χ1n) is 34.9. The maximum absolute atomic E-state index is 12.0. The number of hydrogen-bond acceptors (Lipinski definition) is 51. The molecule has 0 aromatic carbocycles. The normalized spacial score (nSPS) is 52.8. The van der Waals surface area contributed by atoms with Gasteiger partial charge in [-0.2, -0.15) is 0 Å². The van der Waals surface area contributed by atoms with Gasteiger partial charge in [-0.05, 0) is 0 Å². The zero-order valence-corrected chi connectivity index (χ0v) is 58.5. The van der Waals surface area contributed by atoms with Crippen LogP contribution >= 0.6 is 0 Å². The maximum atomic E-state index is 12.0. The minimum atomic E-state index is -3.20. The van der Waals surface area contributed by atoms with E-state index in [1.54, 1.807) is 0 Å². The maximum Gasteiger partial charge on any atom is 0.224 e. The quantitative estimate of drug-likeness (QED) is 0.0275. The predicted molar refractivity (Wildman–Crippen MR) is 330 cm³/mol. The van der Waals surface area contributed by atoms with Crippen molar-refractivity contribution >= 4 is 0 Å².